The maximum Gasteiger partial charge on any atom is 0.131 e. The molecule has 4 heterocycles. The van der Waals surface area contributed by atoms with Gasteiger partial charge in [0.1, 0.15) is 11.6 Å². The summed E-state index contributed by atoms with van der Waals surface area (Å²) < 4.78 is 2.72. The van der Waals surface area contributed by atoms with Crippen molar-refractivity contribution in [3.63, 3.8) is 0 Å². The molecule has 0 unspecified atom stereocenters. The molecule has 7 rings (SSSR count). The molecule has 2 aliphatic carbocycles. The molecule has 1 aromatic heterocycles. The van der Waals surface area contributed by atoms with Crippen molar-refractivity contribution >= 4 is 16.8 Å². The van der Waals surface area contributed by atoms with Crippen molar-refractivity contribution < 1.29 is 4.79 Å². The second-order valence-electron chi connectivity index (χ2n) is 13.8. The van der Waals surface area contributed by atoms with Crippen LogP contribution in [0, 0.1) is 11.8 Å². The van der Waals surface area contributed by atoms with E-state index in [4.69, 9.17) is 4.98 Å². The lowest BCUT2D eigenvalue weighted by Crippen LogP contribution is -2.58. The van der Waals surface area contributed by atoms with E-state index < -0.39 is 0 Å². The van der Waals surface area contributed by atoms with Gasteiger partial charge in [-0.3, -0.25) is 9.69 Å². The van der Waals surface area contributed by atoms with Crippen molar-refractivity contribution in [2.75, 3.05) is 19.6 Å². The number of aromatic nitrogens is 2. The van der Waals surface area contributed by atoms with Crippen LogP contribution in [-0.4, -0.2) is 62.9 Å². The number of carbonyl (C=O) groups is 1. The zero-order valence-electron chi connectivity index (χ0n) is 23.6. The van der Waals surface area contributed by atoms with E-state index in [-0.39, 0.29) is 0 Å². The number of imidazole rings is 1. The van der Waals surface area contributed by atoms with Crippen LogP contribution in [0.4, 0.5) is 0 Å². The normalized spacial score (nSPS) is 36.4. The van der Waals surface area contributed by atoms with Crippen molar-refractivity contribution in [2.24, 2.45) is 11.8 Å². The molecular formula is C33H48N4O. The summed E-state index contributed by atoms with van der Waals surface area (Å²) in [6.07, 6.45) is 19.1. The fraction of sp³-hybridized carbons (Fsp3) is 0.758. The summed E-state index contributed by atoms with van der Waals surface area (Å²) in [5.41, 5.74) is 2.53. The maximum atomic E-state index is 11.6. The first-order chi connectivity index (χ1) is 18.6. The van der Waals surface area contributed by atoms with Crippen LogP contribution in [0.5, 0.6) is 0 Å². The monoisotopic (exact) mass is 516 g/mol. The molecule has 0 spiro atoms. The number of hydrogen-bond acceptors (Lipinski definition) is 4. The number of benzene rings is 1. The predicted octanol–water partition coefficient (Wildman–Crippen LogP) is 6.72. The lowest BCUT2D eigenvalue weighted by Gasteiger charge is -2.54. The van der Waals surface area contributed by atoms with Crippen molar-refractivity contribution in [2.45, 2.75) is 127 Å². The maximum absolute atomic E-state index is 11.6. The molecule has 38 heavy (non-hydrogen) atoms. The Kier molecular flexibility index (Phi) is 7.11. The molecule has 5 nitrogen and oxygen atoms in total. The Morgan fingerprint density at radius 3 is 2.32 bits per heavy atom. The van der Waals surface area contributed by atoms with Crippen molar-refractivity contribution in [1.29, 1.82) is 0 Å². The van der Waals surface area contributed by atoms with Gasteiger partial charge >= 0.3 is 0 Å². The van der Waals surface area contributed by atoms with Gasteiger partial charge in [0, 0.05) is 49.6 Å². The Morgan fingerprint density at radius 1 is 0.842 bits per heavy atom. The van der Waals surface area contributed by atoms with Gasteiger partial charge in [0.2, 0.25) is 0 Å². The molecule has 206 valence electrons. The molecule has 2 saturated carbocycles. The number of para-hydroxylation sites is 2. The number of carbonyl (C=O) groups excluding carboxylic acids is 1. The molecule has 0 N–H and O–H groups in total. The molecule has 5 fully saturated rings. The Balaban J connectivity index is 1.14. The minimum atomic E-state index is 0.302. The lowest BCUT2D eigenvalue weighted by molar-refractivity contribution is -0.117. The van der Waals surface area contributed by atoms with Crippen LogP contribution in [0.1, 0.15) is 115 Å². The number of Topliss-reactive ketones (excluding diaryl/α,β-unsaturated/α-hetero) is 1. The zero-order chi connectivity index (χ0) is 25.6. The van der Waals surface area contributed by atoms with E-state index in [1.54, 1.807) is 6.92 Å². The molecular weight excluding hydrogens is 468 g/mol. The number of piperidine rings is 2. The summed E-state index contributed by atoms with van der Waals surface area (Å²) in [4.78, 5) is 22.5. The number of rotatable bonds is 6. The van der Waals surface area contributed by atoms with Crippen LogP contribution >= 0.6 is 0 Å². The van der Waals surface area contributed by atoms with E-state index in [2.05, 4.69) is 38.6 Å². The summed E-state index contributed by atoms with van der Waals surface area (Å²) in [5, 5.41) is 0. The lowest BCUT2D eigenvalue weighted by atomic mass is 9.73. The van der Waals surface area contributed by atoms with Crippen LogP contribution in [0.2, 0.25) is 0 Å². The first-order valence-electron chi connectivity index (χ1n) is 16.1. The summed E-state index contributed by atoms with van der Waals surface area (Å²) in [5.74, 6) is 4.11. The first kappa shape index (κ1) is 25.3. The highest BCUT2D eigenvalue weighted by atomic mass is 16.1. The van der Waals surface area contributed by atoms with Gasteiger partial charge in [0.05, 0.1) is 11.0 Å². The SMILES string of the molecule is CC(=O)CCN1CC[C@H](c2nc3ccccc3n2[C@H]2C[C@H]3CCC[C@@H](C2)N3[C@@H]2C[C@@H]3CCCC[C@@H](C3)C2)C1. The van der Waals surface area contributed by atoms with Gasteiger partial charge in [-0.2, -0.15) is 0 Å². The average Bonchev–Trinajstić information content (AvgIpc) is 3.49. The third-order valence-corrected chi connectivity index (χ3v) is 11.2. The second-order valence-corrected chi connectivity index (χ2v) is 13.8. The van der Waals surface area contributed by atoms with E-state index in [9.17, 15) is 4.79 Å². The number of nitrogens with zero attached hydrogens (tertiary/aromatic N) is 4. The van der Waals surface area contributed by atoms with Gasteiger partial charge < -0.3 is 9.47 Å². The molecule has 7 atom stereocenters. The molecule has 4 bridgehead atoms. The van der Waals surface area contributed by atoms with E-state index in [1.807, 2.05) is 0 Å². The van der Waals surface area contributed by atoms with Crippen LogP contribution in [0.3, 0.4) is 0 Å². The zero-order valence-corrected chi connectivity index (χ0v) is 23.6. The number of hydrogen-bond donors (Lipinski definition) is 0. The first-order valence-corrected chi connectivity index (χ1v) is 16.1. The number of ketones is 1. The van der Waals surface area contributed by atoms with Crippen molar-refractivity contribution in [1.82, 2.24) is 19.4 Å². The van der Waals surface area contributed by atoms with Gasteiger partial charge in [0.15, 0.2) is 0 Å². The molecule has 0 amide bonds. The number of likely N-dealkylation sites (tertiary alicyclic amines) is 1. The highest BCUT2D eigenvalue weighted by molar-refractivity contribution is 5.76. The summed E-state index contributed by atoms with van der Waals surface area (Å²) >= 11 is 0. The van der Waals surface area contributed by atoms with Crippen molar-refractivity contribution in [3.05, 3.63) is 30.1 Å². The molecule has 3 saturated heterocycles. The molecule has 2 aromatic rings. The Hall–Kier alpha value is -1.72. The highest BCUT2D eigenvalue weighted by Gasteiger charge is 2.45. The highest BCUT2D eigenvalue weighted by Crippen LogP contribution is 2.48. The molecule has 5 aliphatic rings. The minimum Gasteiger partial charge on any atom is -0.324 e. The van der Waals surface area contributed by atoms with E-state index in [0.29, 0.717) is 24.2 Å². The van der Waals surface area contributed by atoms with E-state index in [1.165, 1.54) is 93.9 Å². The summed E-state index contributed by atoms with van der Waals surface area (Å²) in [6, 6.07) is 11.8. The van der Waals surface area contributed by atoms with Crippen LogP contribution in [0.15, 0.2) is 24.3 Å². The molecule has 1 aromatic carbocycles. The molecule has 5 heteroatoms. The third kappa shape index (κ3) is 4.87. The van der Waals surface area contributed by atoms with E-state index in [0.717, 1.165) is 56.0 Å². The third-order valence-electron chi connectivity index (χ3n) is 11.2. The summed E-state index contributed by atoms with van der Waals surface area (Å²) in [6.45, 7) is 4.76. The van der Waals surface area contributed by atoms with Gasteiger partial charge in [-0.15, -0.1) is 0 Å². The summed E-state index contributed by atoms with van der Waals surface area (Å²) in [7, 11) is 0. The van der Waals surface area contributed by atoms with Crippen LogP contribution in [-0.2, 0) is 4.79 Å². The average molecular weight is 517 g/mol. The van der Waals surface area contributed by atoms with Gasteiger partial charge in [-0.25, -0.2) is 4.98 Å². The smallest absolute Gasteiger partial charge is 0.131 e. The van der Waals surface area contributed by atoms with Crippen molar-refractivity contribution in [3.8, 4) is 0 Å². The van der Waals surface area contributed by atoms with Crippen LogP contribution in [0.25, 0.3) is 11.0 Å². The second kappa shape index (κ2) is 10.7. The molecule has 3 aliphatic heterocycles. The number of fused-ring (bicyclic) bond motifs is 5. The quantitative estimate of drug-likeness (QED) is 0.427. The Labute approximate surface area is 229 Å². The largest absolute Gasteiger partial charge is 0.324 e. The predicted molar refractivity (Wildman–Crippen MR) is 153 cm³/mol. The molecule has 0 radical (unpaired) electrons. The Bertz CT molecular complexity index is 1110. The fourth-order valence-corrected chi connectivity index (χ4v) is 9.60. The van der Waals surface area contributed by atoms with Crippen LogP contribution < -0.4 is 0 Å². The topological polar surface area (TPSA) is 41.4 Å². The van der Waals surface area contributed by atoms with Gasteiger partial charge in [0.25, 0.3) is 0 Å². The standard InChI is InChI=1S/C33H48N4O/c1-23(38)13-15-35-16-14-26(22-35)33-34-31-11-4-5-12-32(31)37(33)30-20-27-9-6-10-28(21-30)36(27)29-18-24-7-2-3-8-25(17-24)19-29/h4-5,11-12,24-30H,2-3,6-10,13-22H2,1H3/t24-,25+,26-,27-,28+,29-,30+/m0/s1. The van der Waals surface area contributed by atoms with Gasteiger partial charge in [-0.05, 0) is 88.8 Å². The van der Waals surface area contributed by atoms with E-state index >= 15 is 0 Å². The Morgan fingerprint density at radius 2 is 1.58 bits per heavy atom. The fourth-order valence-electron chi connectivity index (χ4n) is 9.60. The van der Waals surface area contributed by atoms with Gasteiger partial charge in [-0.1, -0.05) is 44.2 Å². The minimum absolute atomic E-state index is 0.302.